The van der Waals surface area contributed by atoms with Crippen molar-refractivity contribution >= 4 is 11.5 Å². The number of hydrogen-bond acceptors (Lipinski definition) is 5. The van der Waals surface area contributed by atoms with Gasteiger partial charge in [-0.15, -0.1) is 4.91 Å². The molecule has 0 aromatic heterocycles. The van der Waals surface area contributed by atoms with Crippen molar-refractivity contribution in [3.8, 4) is 5.75 Å². The Kier molecular flexibility index (Phi) is 3.84. The molecular formula is C19H20N2O5. The summed E-state index contributed by atoms with van der Waals surface area (Å²) in [6.07, 6.45) is 1.92. The summed E-state index contributed by atoms with van der Waals surface area (Å²) in [6.45, 7) is 5.82. The van der Waals surface area contributed by atoms with Crippen LogP contribution in [0.15, 0.2) is 41.9 Å². The molecule has 7 heteroatoms. The van der Waals surface area contributed by atoms with Gasteiger partial charge < -0.3 is 14.9 Å². The van der Waals surface area contributed by atoms with Gasteiger partial charge in [-0.2, -0.15) is 0 Å². The molecule has 1 aliphatic carbocycles. The molecule has 1 aromatic carbocycles. The van der Waals surface area contributed by atoms with E-state index in [4.69, 9.17) is 4.74 Å². The SMILES string of the molecule is C=C1C=C(C)c2ccc(CC3CC(C(=O)O)C4C(C3O)N4N=O)cc2O1. The van der Waals surface area contributed by atoms with Crippen molar-refractivity contribution < 1.29 is 19.7 Å². The zero-order chi connectivity index (χ0) is 18.6. The van der Waals surface area contributed by atoms with E-state index in [1.165, 1.54) is 5.01 Å². The molecule has 136 valence electrons. The molecule has 26 heavy (non-hydrogen) atoms. The van der Waals surface area contributed by atoms with Gasteiger partial charge in [-0.3, -0.25) is 4.79 Å². The van der Waals surface area contributed by atoms with Gasteiger partial charge in [-0.1, -0.05) is 18.7 Å². The summed E-state index contributed by atoms with van der Waals surface area (Å²) in [6, 6.07) is 4.86. The van der Waals surface area contributed by atoms with Crippen LogP contribution in [0.25, 0.3) is 5.57 Å². The largest absolute Gasteiger partial charge is 0.481 e. The highest BCUT2D eigenvalue weighted by atomic mass is 16.5. The topological polar surface area (TPSA) is 99.2 Å². The molecule has 3 aliphatic rings. The Labute approximate surface area is 150 Å². The highest BCUT2D eigenvalue weighted by molar-refractivity contribution is 5.74. The zero-order valence-electron chi connectivity index (χ0n) is 14.3. The van der Waals surface area contributed by atoms with Crippen LogP contribution in [0, 0.1) is 16.7 Å². The third-order valence-electron chi connectivity index (χ3n) is 5.67. The van der Waals surface area contributed by atoms with Gasteiger partial charge in [0.1, 0.15) is 11.5 Å². The Hall–Kier alpha value is -2.67. The maximum atomic E-state index is 11.5. The summed E-state index contributed by atoms with van der Waals surface area (Å²) in [5.74, 6) is -0.609. The van der Waals surface area contributed by atoms with Gasteiger partial charge in [0.05, 0.1) is 29.4 Å². The molecule has 0 radical (unpaired) electrons. The van der Waals surface area contributed by atoms with Crippen molar-refractivity contribution in [2.75, 3.05) is 0 Å². The van der Waals surface area contributed by atoms with Crippen LogP contribution in [0.1, 0.15) is 24.5 Å². The highest BCUT2D eigenvalue weighted by Gasteiger charge is 2.64. The number of fused-ring (bicyclic) bond motifs is 2. The van der Waals surface area contributed by atoms with Gasteiger partial charge in [0.2, 0.25) is 0 Å². The normalized spacial score (nSPS) is 32.1. The van der Waals surface area contributed by atoms with Crippen molar-refractivity contribution in [1.82, 2.24) is 5.01 Å². The maximum Gasteiger partial charge on any atom is 0.308 e. The first-order chi connectivity index (χ1) is 12.4. The Morgan fingerprint density at radius 2 is 2.19 bits per heavy atom. The van der Waals surface area contributed by atoms with Gasteiger partial charge in [0.25, 0.3) is 0 Å². The molecule has 2 fully saturated rings. The number of carboxylic acid groups (broad SMARTS) is 1. The van der Waals surface area contributed by atoms with Crippen LogP contribution < -0.4 is 4.74 Å². The molecule has 0 bridgehead atoms. The second-order valence-corrected chi connectivity index (χ2v) is 7.30. The molecule has 1 saturated heterocycles. The van der Waals surface area contributed by atoms with Crippen molar-refractivity contribution in [1.29, 1.82) is 0 Å². The average Bonchev–Trinajstić information content (AvgIpc) is 3.31. The minimum atomic E-state index is -0.950. The van der Waals surface area contributed by atoms with E-state index in [2.05, 4.69) is 11.9 Å². The van der Waals surface area contributed by atoms with Crippen LogP contribution >= 0.6 is 0 Å². The molecule has 4 rings (SSSR count). The highest BCUT2D eigenvalue weighted by Crippen LogP contribution is 2.48. The number of aliphatic hydroxyl groups excluding tert-OH is 1. The summed E-state index contributed by atoms with van der Waals surface area (Å²) in [4.78, 5) is 22.4. The monoisotopic (exact) mass is 356 g/mol. The van der Waals surface area contributed by atoms with E-state index in [-0.39, 0.29) is 5.92 Å². The summed E-state index contributed by atoms with van der Waals surface area (Å²) in [5.41, 5.74) is 3.01. The molecule has 1 saturated carbocycles. The van der Waals surface area contributed by atoms with Crippen LogP contribution in [0.2, 0.25) is 0 Å². The van der Waals surface area contributed by atoms with E-state index < -0.39 is 30.1 Å². The van der Waals surface area contributed by atoms with Crippen LogP contribution in [0.4, 0.5) is 0 Å². The summed E-state index contributed by atoms with van der Waals surface area (Å²) < 4.78 is 5.69. The molecule has 2 heterocycles. The lowest BCUT2D eigenvalue weighted by Crippen LogP contribution is -2.40. The second kappa shape index (κ2) is 5.95. The van der Waals surface area contributed by atoms with Crippen molar-refractivity contribution in [3.63, 3.8) is 0 Å². The molecule has 0 amide bonds. The molecular weight excluding hydrogens is 336 g/mol. The van der Waals surface area contributed by atoms with Crippen molar-refractivity contribution in [3.05, 3.63) is 52.6 Å². The van der Waals surface area contributed by atoms with Crippen LogP contribution in [0.5, 0.6) is 5.75 Å². The lowest BCUT2D eigenvalue weighted by Gasteiger charge is -2.29. The number of rotatable bonds is 4. The second-order valence-electron chi connectivity index (χ2n) is 7.30. The maximum absolute atomic E-state index is 11.5. The van der Waals surface area contributed by atoms with E-state index in [1.54, 1.807) is 0 Å². The fraction of sp³-hybridized carbons (Fsp3) is 0.421. The molecule has 7 nitrogen and oxygen atoms in total. The van der Waals surface area contributed by atoms with Crippen LogP contribution in [0.3, 0.4) is 0 Å². The van der Waals surface area contributed by atoms with E-state index in [0.29, 0.717) is 24.4 Å². The number of nitroso groups, excluding NO2 is 1. The first kappa shape index (κ1) is 16.8. The first-order valence-electron chi connectivity index (χ1n) is 8.61. The molecule has 2 N–H and O–H groups in total. The number of nitrogens with zero attached hydrogens (tertiary/aromatic N) is 2. The minimum Gasteiger partial charge on any atom is -0.481 e. The smallest absolute Gasteiger partial charge is 0.308 e. The number of aliphatic hydroxyl groups is 1. The van der Waals surface area contributed by atoms with Gasteiger partial charge in [-0.05, 0) is 49.0 Å². The predicted octanol–water partition coefficient (Wildman–Crippen LogP) is 2.35. The van der Waals surface area contributed by atoms with E-state index in [9.17, 15) is 19.9 Å². The Balaban J connectivity index is 1.57. The van der Waals surface area contributed by atoms with Gasteiger partial charge in [-0.25, -0.2) is 5.01 Å². The number of allylic oxidation sites excluding steroid dienone is 2. The minimum absolute atomic E-state index is 0.259. The fourth-order valence-electron chi connectivity index (χ4n) is 4.38. The Morgan fingerprint density at radius 1 is 1.42 bits per heavy atom. The van der Waals surface area contributed by atoms with E-state index >= 15 is 0 Å². The van der Waals surface area contributed by atoms with Crippen molar-refractivity contribution in [2.24, 2.45) is 17.1 Å². The summed E-state index contributed by atoms with van der Waals surface area (Å²) in [5, 5.41) is 24.1. The van der Waals surface area contributed by atoms with Crippen LogP contribution in [-0.4, -0.2) is 39.4 Å². The average molecular weight is 356 g/mol. The number of hydrogen-bond donors (Lipinski definition) is 2. The standard InChI is InChI=1S/C19H20N2O5/c1-9-5-10(2)26-15-7-11(3-4-13(9)15)6-12-8-14(19(23)24)16-17(18(12)22)21(16)20-25/h3-5,7,12,14,16-18,22H,2,6,8H2,1H3,(H,23,24). The lowest BCUT2D eigenvalue weighted by molar-refractivity contribution is -0.143. The summed E-state index contributed by atoms with van der Waals surface area (Å²) in [7, 11) is 0. The predicted molar refractivity (Wildman–Crippen MR) is 94.0 cm³/mol. The van der Waals surface area contributed by atoms with Gasteiger partial charge in [0.15, 0.2) is 0 Å². The summed E-state index contributed by atoms with van der Waals surface area (Å²) >= 11 is 0. The number of carbonyl (C=O) groups is 1. The first-order valence-corrected chi connectivity index (χ1v) is 8.61. The number of benzene rings is 1. The molecule has 1 aromatic rings. The Morgan fingerprint density at radius 3 is 2.88 bits per heavy atom. The van der Waals surface area contributed by atoms with Gasteiger partial charge in [0, 0.05) is 5.56 Å². The van der Waals surface area contributed by atoms with Crippen molar-refractivity contribution in [2.45, 2.75) is 38.0 Å². The third-order valence-corrected chi connectivity index (χ3v) is 5.67. The molecule has 5 atom stereocenters. The third kappa shape index (κ3) is 2.59. The molecule has 2 aliphatic heterocycles. The van der Waals surface area contributed by atoms with Crippen LogP contribution in [-0.2, 0) is 11.2 Å². The zero-order valence-corrected chi connectivity index (χ0v) is 14.3. The number of ether oxygens (including phenoxy) is 1. The number of carboxylic acids is 1. The van der Waals surface area contributed by atoms with Gasteiger partial charge >= 0.3 is 5.97 Å². The fourth-order valence-corrected chi connectivity index (χ4v) is 4.38. The Bertz CT molecular complexity index is 833. The molecule has 0 spiro atoms. The van der Waals surface area contributed by atoms with E-state index in [0.717, 1.165) is 16.7 Å². The quantitative estimate of drug-likeness (QED) is 0.635. The molecule has 5 unspecified atom stereocenters. The lowest BCUT2D eigenvalue weighted by atomic mass is 9.76. The van der Waals surface area contributed by atoms with E-state index in [1.807, 2.05) is 31.2 Å². The number of aliphatic carboxylic acids is 1.